The van der Waals surface area contributed by atoms with Crippen molar-refractivity contribution in [3.05, 3.63) is 34.4 Å². The van der Waals surface area contributed by atoms with Crippen LogP contribution in [-0.2, 0) is 10.0 Å². The molecule has 1 rings (SSSR count). The van der Waals surface area contributed by atoms with Gasteiger partial charge in [0.15, 0.2) is 0 Å². The Bertz CT molecular complexity index is 572. The van der Waals surface area contributed by atoms with Crippen molar-refractivity contribution in [3.63, 3.8) is 0 Å². The first-order valence-electron chi connectivity index (χ1n) is 6.22. The minimum absolute atomic E-state index is 0.100. The van der Waals surface area contributed by atoms with Gasteiger partial charge in [0.1, 0.15) is 0 Å². The van der Waals surface area contributed by atoms with Gasteiger partial charge in [-0.3, -0.25) is 10.1 Å². The van der Waals surface area contributed by atoms with Gasteiger partial charge in [0.2, 0.25) is 10.0 Å². The number of nitrogens with zero attached hydrogens (tertiary/aromatic N) is 1. The Morgan fingerprint density at radius 2 is 2.05 bits per heavy atom. The molecule has 0 aliphatic heterocycles. The minimum atomic E-state index is -3.78. The number of nitrogens with one attached hydrogen (secondary N) is 1. The van der Waals surface area contributed by atoms with Gasteiger partial charge in [0.05, 0.1) is 9.82 Å². The third-order valence-corrected chi connectivity index (χ3v) is 4.07. The zero-order valence-electron chi connectivity index (χ0n) is 11.4. The molecule has 0 amide bonds. The number of nitro benzene ring substituents is 1. The number of hydrogen-bond acceptors (Lipinski definition) is 5. The van der Waals surface area contributed by atoms with Crippen molar-refractivity contribution in [2.45, 2.75) is 31.2 Å². The van der Waals surface area contributed by atoms with Crippen molar-refractivity contribution in [1.82, 2.24) is 4.72 Å². The third-order valence-electron chi connectivity index (χ3n) is 2.65. The number of hydrogen-bond donors (Lipinski definition) is 2. The van der Waals surface area contributed by atoms with Gasteiger partial charge < -0.3 is 5.73 Å². The van der Waals surface area contributed by atoms with Crippen LogP contribution in [0.25, 0.3) is 0 Å². The van der Waals surface area contributed by atoms with E-state index in [1.807, 2.05) is 13.8 Å². The highest BCUT2D eigenvalue weighted by atomic mass is 32.2. The van der Waals surface area contributed by atoms with E-state index in [4.69, 9.17) is 5.73 Å². The lowest BCUT2D eigenvalue weighted by molar-refractivity contribution is -0.385. The van der Waals surface area contributed by atoms with E-state index in [-0.39, 0.29) is 23.2 Å². The number of rotatable bonds is 7. The summed E-state index contributed by atoms with van der Waals surface area (Å²) in [5.41, 5.74) is 5.54. The van der Waals surface area contributed by atoms with Crippen LogP contribution in [0.2, 0.25) is 0 Å². The van der Waals surface area contributed by atoms with Crippen molar-refractivity contribution < 1.29 is 13.3 Å². The van der Waals surface area contributed by atoms with Crippen molar-refractivity contribution in [3.8, 4) is 0 Å². The first kappa shape index (κ1) is 16.5. The third kappa shape index (κ3) is 4.87. The van der Waals surface area contributed by atoms with Crippen LogP contribution in [0.4, 0.5) is 5.69 Å². The lowest BCUT2D eigenvalue weighted by Gasteiger charge is -2.14. The second kappa shape index (κ2) is 6.78. The molecule has 1 unspecified atom stereocenters. The molecule has 0 bridgehead atoms. The summed E-state index contributed by atoms with van der Waals surface area (Å²) in [6.07, 6.45) is 0.692. The second-order valence-electron chi connectivity index (χ2n) is 5.00. The lowest BCUT2D eigenvalue weighted by atomic mass is 10.1. The molecule has 20 heavy (non-hydrogen) atoms. The number of nitro groups is 1. The molecule has 0 saturated carbocycles. The Kier molecular flexibility index (Phi) is 5.61. The average molecular weight is 301 g/mol. The average Bonchev–Trinajstić information content (AvgIpc) is 2.36. The maximum Gasteiger partial charge on any atom is 0.270 e. The number of benzene rings is 1. The van der Waals surface area contributed by atoms with Gasteiger partial charge in [-0.15, -0.1) is 0 Å². The molecule has 1 aromatic rings. The fraction of sp³-hybridized carbons (Fsp3) is 0.500. The van der Waals surface area contributed by atoms with Crippen LogP contribution in [0.1, 0.15) is 20.3 Å². The van der Waals surface area contributed by atoms with Crippen LogP contribution >= 0.6 is 0 Å². The predicted octanol–water partition coefficient (Wildman–Crippen LogP) is 1.25. The standard InChI is InChI=1S/C12H19N3O4S/c1-9(2)6-10(13)8-14-20(18,19)12-5-3-4-11(7-12)15(16)17/h3-5,7,9-10,14H,6,8,13H2,1-2H3. The van der Waals surface area contributed by atoms with Gasteiger partial charge in [-0.1, -0.05) is 19.9 Å². The summed E-state index contributed by atoms with van der Waals surface area (Å²) in [4.78, 5) is 9.87. The van der Waals surface area contributed by atoms with Gasteiger partial charge in [-0.2, -0.15) is 0 Å². The Balaban J connectivity index is 2.79. The smallest absolute Gasteiger partial charge is 0.270 e. The van der Waals surface area contributed by atoms with Crippen molar-refractivity contribution in [2.24, 2.45) is 11.7 Å². The van der Waals surface area contributed by atoms with Gasteiger partial charge in [0, 0.05) is 24.7 Å². The summed E-state index contributed by atoms with van der Waals surface area (Å²) in [6, 6.07) is 4.62. The number of sulfonamides is 1. The molecular formula is C12H19N3O4S. The van der Waals surface area contributed by atoms with Crippen molar-refractivity contribution in [1.29, 1.82) is 0 Å². The Labute approximate surface area is 118 Å². The summed E-state index contributed by atoms with van der Waals surface area (Å²) in [5, 5.41) is 10.6. The van der Waals surface area contributed by atoms with Crippen LogP contribution in [0, 0.1) is 16.0 Å². The largest absolute Gasteiger partial charge is 0.327 e. The quantitative estimate of drug-likeness (QED) is 0.581. The van der Waals surface area contributed by atoms with Crippen molar-refractivity contribution >= 4 is 15.7 Å². The van der Waals surface area contributed by atoms with E-state index in [2.05, 4.69) is 4.72 Å². The minimum Gasteiger partial charge on any atom is -0.327 e. The Morgan fingerprint density at radius 3 is 2.60 bits per heavy atom. The van der Waals surface area contributed by atoms with Gasteiger partial charge in [-0.05, 0) is 18.4 Å². The maximum absolute atomic E-state index is 12.0. The second-order valence-corrected chi connectivity index (χ2v) is 6.76. The Morgan fingerprint density at radius 1 is 1.40 bits per heavy atom. The highest BCUT2D eigenvalue weighted by Crippen LogP contribution is 2.17. The zero-order chi connectivity index (χ0) is 15.3. The summed E-state index contributed by atoms with van der Waals surface area (Å²) >= 11 is 0. The molecule has 0 fully saturated rings. The highest BCUT2D eigenvalue weighted by molar-refractivity contribution is 7.89. The molecule has 0 aliphatic carbocycles. The normalized spacial score (nSPS) is 13.4. The molecule has 0 radical (unpaired) electrons. The van der Waals surface area contributed by atoms with Gasteiger partial charge >= 0.3 is 0 Å². The maximum atomic E-state index is 12.0. The van der Waals surface area contributed by atoms with E-state index < -0.39 is 14.9 Å². The molecule has 0 saturated heterocycles. The molecule has 3 N–H and O–H groups in total. The molecular weight excluding hydrogens is 282 g/mol. The molecule has 8 heteroatoms. The van der Waals surface area contributed by atoms with Crippen molar-refractivity contribution in [2.75, 3.05) is 6.54 Å². The molecule has 0 aliphatic rings. The van der Waals surface area contributed by atoms with E-state index in [0.29, 0.717) is 12.3 Å². The van der Waals surface area contributed by atoms with E-state index in [9.17, 15) is 18.5 Å². The molecule has 7 nitrogen and oxygen atoms in total. The van der Waals surface area contributed by atoms with Gasteiger partial charge in [-0.25, -0.2) is 13.1 Å². The zero-order valence-corrected chi connectivity index (χ0v) is 12.3. The Hall–Kier alpha value is -1.51. The van der Waals surface area contributed by atoms with Crippen LogP contribution in [0.3, 0.4) is 0 Å². The topological polar surface area (TPSA) is 115 Å². The predicted molar refractivity (Wildman–Crippen MR) is 75.7 cm³/mol. The van der Waals surface area contributed by atoms with Crippen LogP contribution in [-0.4, -0.2) is 25.9 Å². The van der Waals surface area contributed by atoms with Crippen LogP contribution in [0.5, 0.6) is 0 Å². The molecule has 0 spiro atoms. The number of non-ortho nitro benzene ring substituents is 1. The van der Waals surface area contributed by atoms with E-state index in [0.717, 1.165) is 6.07 Å². The SMILES string of the molecule is CC(C)CC(N)CNS(=O)(=O)c1cccc([N+](=O)[O-])c1. The van der Waals surface area contributed by atoms with Gasteiger partial charge in [0.25, 0.3) is 5.69 Å². The fourth-order valence-electron chi connectivity index (χ4n) is 1.75. The summed E-state index contributed by atoms with van der Waals surface area (Å²) in [5.74, 6) is 0.368. The van der Waals surface area contributed by atoms with E-state index in [1.54, 1.807) is 0 Å². The highest BCUT2D eigenvalue weighted by Gasteiger charge is 2.18. The molecule has 0 aromatic heterocycles. The first-order valence-corrected chi connectivity index (χ1v) is 7.70. The molecule has 1 aromatic carbocycles. The summed E-state index contributed by atoms with van der Waals surface area (Å²) < 4.78 is 26.4. The fourth-order valence-corrected chi connectivity index (χ4v) is 2.89. The molecule has 112 valence electrons. The van der Waals surface area contributed by atoms with Crippen LogP contribution < -0.4 is 10.5 Å². The summed E-state index contributed by atoms with van der Waals surface area (Å²) in [7, 11) is -3.78. The first-order chi connectivity index (χ1) is 9.22. The number of nitrogens with two attached hydrogens (primary N) is 1. The lowest BCUT2D eigenvalue weighted by Crippen LogP contribution is -2.38. The molecule has 1 atom stereocenters. The van der Waals surface area contributed by atoms with E-state index in [1.165, 1.54) is 18.2 Å². The monoisotopic (exact) mass is 301 g/mol. The van der Waals surface area contributed by atoms with Crippen LogP contribution in [0.15, 0.2) is 29.2 Å². The molecule has 0 heterocycles. The van der Waals surface area contributed by atoms with E-state index >= 15 is 0 Å². The summed E-state index contributed by atoms with van der Waals surface area (Å²) in [6.45, 7) is 4.09.